The van der Waals surface area contributed by atoms with Gasteiger partial charge in [-0.3, -0.25) is 9.59 Å². The highest BCUT2D eigenvalue weighted by molar-refractivity contribution is 8.01. The molecule has 124 valence electrons. The minimum Gasteiger partial charge on any atom is -0.495 e. The number of hydrogen-bond donors (Lipinski definition) is 2. The molecule has 1 aliphatic rings. The van der Waals surface area contributed by atoms with E-state index in [-0.39, 0.29) is 18.2 Å². The smallest absolute Gasteiger partial charge is 0.238 e. The van der Waals surface area contributed by atoms with Gasteiger partial charge >= 0.3 is 0 Å². The number of amides is 2. The van der Waals surface area contributed by atoms with Crippen LogP contribution in [0.3, 0.4) is 0 Å². The molecule has 1 atom stereocenters. The van der Waals surface area contributed by atoms with Crippen LogP contribution in [-0.4, -0.2) is 24.2 Å². The lowest BCUT2D eigenvalue weighted by Crippen LogP contribution is -2.32. The molecule has 2 aromatic carbocycles. The third-order valence-corrected chi connectivity index (χ3v) is 5.02. The van der Waals surface area contributed by atoms with Crippen molar-refractivity contribution >= 4 is 46.6 Å². The molecular weight excluding hydrogens is 348 g/mol. The predicted molar refractivity (Wildman–Crippen MR) is 96.0 cm³/mol. The predicted octanol–water partition coefficient (Wildman–Crippen LogP) is 3.79. The largest absolute Gasteiger partial charge is 0.495 e. The first-order chi connectivity index (χ1) is 11.6. The highest BCUT2D eigenvalue weighted by Gasteiger charge is 2.29. The molecule has 1 aliphatic heterocycles. The number of para-hydroxylation sites is 1. The summed E-state index contributed by atoms with van der Waals surface area (Å²) in [6.07, 6.45) is 0.0561. The molecule has 2 amide bonds. The molecule has 0 spiro atoms. The van der Waals surface area contributed by atoms with Gasteiger partial charge in [0.25, 0.3) is 0 Å². The van der Waals surface area contributed by atoms with Gasteiger partial charge in [-0.05, 0) is 30.3 Å². The number of carbonyl (C=O) groups is 2. The zero-order valence-corrected chi connectivity index (χ0v) is 14.4. The van der Waals surface area contributed by atoms with Crippen molar-refractivity contribution in [2.75, 3.05) is 17.7 Å². The fraction of sp³-hybridized carbons (Fsp3) is 0.176. The van der Waals surface area contributed by atoms with E-state index < -0.39 is 5.25 Å². The van der Waals surface area contributed by atoms with Crippen LogP contribution in [0, 0.1) is 0 Å². The van der Waals surface area contributed by atoms with E-state index in [4.69, 9.17) is 16.3 Å². The Morgan fingerprint density at radius 3 is 2.92 bits per heavy atom. The van der Waals surface area contributed by atoms with Gasteiger partial charge in [-0.15, -0.1) is 11.8 Å². The Morgan fingerprint density at radius 1 is 1.33 bits per heavy atom. The molecule has 5 nitrogen and oxygen atoms in total. The second-order valence-corrected chi connectivity index (χ2v) is 6.87. The third kappa shape index (κ3) is 3.66. The number of benzene rings is 2. The van der Waals surface area contributed by atoms with Crippen LogP contribution in [-0.2, 0) is 9.59 Å². The lowest BCUT2D eigenvalue weighted by Gasteiger charge is -2.23. The average Bonchev–Trinajstić information content (AvgIpc) is 2.55. The number of anilines is 2. The lowest BCUT2D eigenvalue weighted by atomic mass is 10.2. The van der Waals surface area contributed by atoms with Crippen LogP contribution in [0.25, 0.3) is 0 Å². The number of halogens is 1. The number of thioether (sulfide) groups is 1. The van der Waals surface area contributed by atoms with Crippen molar-refractivity contribution in [3.8, 4) is 5.75 Å². The Kier molecular flexibility index (Phi) is 4.97. The summed E-state index contributed by atoms with van der Waals surface area (Å²) in [5, 5.41) is 5.59. The number of fused-ring (bicyclic) bond motifs is 1. The SMILES string of the molecule is COc1ccc(Cl)cc1NC(=O)C[C@@H]1Sc2ccccc2NC1=O. The molecule has 2 N–H and O–H groups in total. The van der Waals surface area contributed by atoms with Crippen molar-refractivity contribution in [3.63, 3.8) is 0 Å². The van der Waals surface area contributed by atoms with Crippen molar-refractivity contribution in [1.29, 1.82) is 0 Å². The van der Waals surface area contributed by atoms with Gasteiger partial charge in [0.1, 0.15) is 5.75 Å². The third-order valence-electron chi connectivity index (χ3n) is 3.51. The summed E-state index contributed by atoms with van der Waals surface area (Å²) in [4.78, 5) is 25.4. The second kappa shape index (κ2) is 7.15. The number of carbonyl (C=O) groups excluding carboxylic acids is 2. The number of nitrogens with one attached hydrogen (secondary N) is 2. The maximum Gasteiger partial charge on any atom is 0.238 e. The van der Waals surface area contributed by atoms with Gasteiger partial charge < -0.3 is 15.4 Å². The van der Waals surface area contributed by atoms with Crippen molar-refractivity contribution in [2.24, 2.45) is 0 Å². The van der Waals surface area contributed by atoms with Gasteiger partial charge in [-0.2, -0.15) is 0 Å². The van der Waals surface area contributed by atoms with Crippen molar-refractivity contribution in [3.05, 3.63) is 47.5 Å². The van der Waals surface area contributed by atoms with E-state index in [1.165, 1.54) is 18.9 Å². The Labute approximate surface area is 148 Å². The summed E-state index contributed by atoms with van der Waals surface area (Å²) in [5.41, 5.74) is 1.26. The molecular formula is C17H15ClN2O3S. The van der Waals surface area contributed by atoms with E-state index in [1.807, 2.05) is 24.3 Å². The van der Waals surface area contributed by atoms with Gasteiger partial charge in [0.15, 0.2) is 0 Å². The quantitative estimate of drug-likeness (QED) is 0.868. The van der Waals surface area contributed by atoms with E-state index >= 15 is 0 Å². The molecule has 0 saturated heterocycles. The van der Waals surface area contributed by atoms with Crippen molar-refractivity contribution in [1.82, 2.24) is 0 Å². The number of rotatable bonds is 4. The van der Waals surface area contributed by atoms with Crippen LogP contribution in [0.1, 0.15) is 6.42 Å². The topological polar surface area (TPSA) is 67.4 Å². The standard InChI is InChI=1S/C17H15ClN2O3S/c1-23-13-7-6-10(18)8-12(13)19-16(21)9-15-17(22)20-11-4-2-3-5-14(11)24-15/h2-8,15H,9H2,1H3,(H,19,21)(H,20,22)/t15-/m0/s1. The first-order valence-electron chi connectivity index (χ1n) is 7.27. The summed E-state index contributed by atoms with van der Waals surface area (Å²) in [6.45, 7) is 0. The summed E-state index contributed by atoms with van der Waals surface area (Å²) in [5.74, 6) is 0.0633. The second-order valence-electron chi connectivity index (χ2n) is 5.19. The van der Waals surface area contributed by atoms with Gasteiger partial charge in [0.2, 0.25) is 11.8 Å². The monoisotopic (exact) mass is 362 g/mol. The maximum atomic E-state index is 12.3. The van der Waals surface area contributed by atoms with Crippen molar-refractivity contribution < 1.29 is 14.3 Å². The number of hydrogen-bond acceptors (Lipinski definition) is 4. The zero-order chi connectivity index (χ0) is 17.1. The molecule has 0 aromatic heterocycles. The summed E-state index contributed by atoms with van der Waals surface area (Å²) in [7, 11) is 1.51. The van der Waals surface area contributed by atoms with Gasteiger partial charge in [0.05, 0.1) is 23.7 Å². The Morgan fingerprint density at radius 2 is 2.12 bits per heavy atom. The van der Waals surface area contributed by atoms with Crippen molar-refractivity contribution in [2.45, 2.75) is 16.6 Å². The first-order valence-corrected chi connectivity index (χ1v) is 8.52. The van der Waals surface area contributed by atoms with Crippen LogP contribution in [0.15, 0.2) is 47.4 Å². The van der Waals surface area contributed by atoms with Crippen LogP contribution in [0.5, 0.6) is 5.75 Å². The fourth-order valence-corrected chi connectivity index (χ4v) is 3.66. The van der Waals surface area contributed by atoms with Gasteiger partial charge in [-0.25, -0.2) is 0 Å². The molecule has 2 aromatic rings. The highest BCUT2D eigenvalue weighted by Crippen LogP contribution is 2.37. The molecule has 3 rings (SSSR count). The van der Waals surface area contributed by atoms with E-state index in [0.29, 0.717) is 16.5 Å². The van der Waals surface area contributed by atoms with Gasteiger partial charge in [0, 0.05) is 16.3 Å². The zero-order valence-electron chi connectivity index (χ0n) is 12.8. The molecule has 24 heavy (non-hydrogen) atoms. The highest BCUT2D eigenvalue weighted by atomic mass is 35.5. The van der Waals surface area contributed by atoms with Crippen LogP contribution < -0.4 is 15.4 Å². The Hall–Kier alpha value is -2.18. The fourth-order valence-electron chi connectivity index (χ4n) is 2.37. The van der Waals surface area contributed by atoms with E-state index in [0.717, 1.165) is 10.6 Å². The first kappa shape index (κ1) is 16.7. The molecule has 0 bridgehead atoms. The minimum absolute atomic E-state index is 0.0561. The van der Waals surface area contributed by atoms with Gasteiger partial charge in [-0.1, -0.05) is 23.7 Å². The molecule has 0 saturated carbocycles. The Balaban J connectivity index is 1.70. The normalized spacial score (nSPS) is 16.1. The van der Waals surface area contributed by atoms with E-state index in [2.05, 4.69) is 10.6 Å². The van der Waals surface area contributed by atoms with E-state index in [1.54, 1.807) is 18.2 Å². The summed E-state index contributed by atoms with van der Waals surface area (Å²) in [6, 6.07) is 12.5. The molecule has 0 radical (unpaired) electrons. The molecule has 0 fully saturated rings. The molecule has 7 heteroatoms. The number of ether oxygens (including phenoxy) is 1. The lowest BCUT2D eigenvalue weighted by molar-refractivity contribution is -0.120. The minimum atomic E-state index is -0.481. The average molecular weight is 363 g/mol. The molecule has 0 unspecified atom stereocenters. The summed E-state index contributed by atoms with van der Waals surface area (Å²) < 4.78 is 5.20. The Bertz CT molecular complexity index is 797. The number of methoxy groups -OCH3 is 1. The van der Waals surface area contributed by atoms with E-state index in [9.17, 15) is 9.59 Å². The molecule has 1 heterocycles. The van der Waals surface area contributed by atoms with Crippen LogP contribution in [0.4, 0.5) is 11.4 Å². The summed E-state index contributed by atoms with van der Waals surface area (Å²) >= 11 is 7.34. The van der Waals surface area contributed by atoms with Crippen LogP contribution >= 0.6 is 23.4 Å². The van der Waals surface area contributed by atoms with Crippen LogP contribution in [0.2, 0.25) is 5.02 Å². The maximum absolute atomic E-state index is 12.3. The molecule has 0 aliphatic carbocycles.